The Morgan fingerprint density at radius 3 is 2.81 bits per heavy atom. The molecule has 0 saturated carbocycles. The number of hydrogen-bond acceptors (Lipinski definition) is 5. The minimum atomic E-state index is -0.431. The van der Waals surface area contributed by atoms with Crippen LogP contribution in [0.4, 0.5) is 5.69 Å². The summed E-state index contributed by atoms with van der Waals surface area (Å²) in [5.41, 5.74) is 1.70. The number of fused-ring (bicyclic) bond motifs is 1. The van der Waals surface area contributed by atoms with E-state index in [2.05, 4.69) is 32.9 Å². The van der Waals surface area contributed by atoms with Crippen LogP contribution >= 0.6 is 15.9 Å². The van der Waals surface area contributed by atoms with Gasteiger partial charge in [0, 0.05) is 29.2 Å². The van der Waals surface area contributed by atoms with Gasteiger partial charge in [-0.25, -0.2) is 4.98 Å². The molecule has 0 unspecified atom stereocenters. The summed E-state index contributed by atoms with van der Waals surface area (Å²) < 4.78 is 3.91. The van der Waals surface area contributed by atoms with Crippen LogP contribution in [-0.4, -0.2) is 25.4 Å². The van der Waals surface area contributed by atoms with Crippen LogP contribution in [0.25, 0.3) is 16.6 Å². The van der Waals surface area contributed by atoms with Crippen LogP contribution in [0.3, 0.4) is 0 Å². The van der Waals surface area contributed by atoms with Gasteiger partial charge in [-0.15, -0.1) is 0 Å². The molecule has 4 rings (SSSR count). The summed E-state index contributed by atoms with van der Waals surface area (Å²) in [6.07, 6.45) is 5.83. The van der Waals surface area contributed by atoms with Crippen LogP contribution in [0, 0.1) is 10.1 Å². The molecule has 32 heavy (non-hydrogen) atoms. The standard InChI is InChI=1S/C23H20BrN5O3/c1-2-3-9-22-26-21-11-10-16(24)13-20(21)23(30)28(22)25-15-19-8-5-12-27(19)17-6-4-7-18(14-17)29(31)32/h4-8,10-15H,2-3,9H2,1H3. The number of rotatable bonds is 7. The van der Waals surface area contributed by atoms with Crippen molar-refractivity contribution in [2.45, 2.75) is 26.2 Å². The lowest BCUT2D eigenvalue weighted by atomic mass is 10.2. The maximum Gasteiger partial charge on any atom is 0.282 e. The van der Waals surface area contributed by atoms with Gasteiger partial charge in [0.05, 0.1) is 33.4 Å². The second-order valence-electron chi connectivity index (χ2n) is 7.23. The number of nitrogens with zero attached hydrogens (tertiary/aromatic N) is 5. The van der Waals surface area contributed by atoms with E-state index in [9.17, 15) is 14.9 Å². The summed E-state index contributed by atoms with van der Waals surface area (Å²) in [4.78, 5) is 28.6. The Bertz CT molecular complexity index is 1390. The van der Waals surface area contributed by atoms with Crippen LogP contribution < -0.4 is 5.56 Å². The first-order valence-corrected chi connectivity index (χ1v) is 10.9. The molecule has 4 aromatic rings. The first-order valence-electron chi connectivity index (χ1n) is 10.2. The summed E-state index contributed by atoms with van der Waals surface area (Å²) in [5, 5.41) is 16.1. The quantitative estimate of drug-likeness (QED) is 0.203. The third kappa shape index (κ3) is 4.38. The van der Waals surface area contributed by atoms with Crippen LogP contribution in [0.5, 0.6) is 0 Å². The van der Waals surface area contributed by atoms with Gasteiger partial charge in [-0.3, -0.25) is 14.9 Å². The Labute approximate surface area is 192 Å². The van der Waals surface area contributed by atoms with Gasteiger partial charge in [0.15, 0.2) is 0 Å². The van der Waals surface area contributed by atoms with E-state index in [4.69, 9.17) is 0 Å². The molecule has 0 aliphatic heterocycles. The van der Waals surface area contributed by atoms with Gasteiger partial charge in [0.2, 0.25) is 0 Å². The van der Waals surface area contributed by atoms with E-state index in [1.165, 1.54) is 16.8 Å². The molecule has 0 atom stereocenters. The van der Waals surface area contributed by atoms with E-state index in [-0.39, 0.29) is 11.2 Å². The zero-order valence-electron chi connectivity index (χ0n) is 17.3. The third-order valence-corrected chi connectivity index (χ3v) is 5.53. The molecule has 0 fully saturated rings. The van der Waals surface area contributed by atoms with Gasteiger partial charge in [-0.2, -0.15) is 9.78 Å². The van der Waals surface area contributed by atoms with Crippen molar-refractivity contribution in [2.75, 3.05) is 0 Å². The fourth-order valence-corrected chi connectivity index (χ4v) is 3.78. The van der Waals surface area contributed by atoms with Gasteiger partial charge in [-0.05, 0) is 42.8 Å². The van der Waals surface area contributed by atoms with E-state index in [1.807, 2.05) is 24.3 Å². The molecule has 0 bridgehead atoms. The molecule has 0 aliphatic rings. The summed E-state index contributed by atoms with van der Waals surface area (Å²) in [6.45, 7) is 2.08. The highest BCUT2D eigenvalue weighted by Gasteiger charge is 2.12. The number of benzene rings is 2. The second-order valence-corrected chi connectivity index (χ2v) is 8.15. The van der Waals surface area contributed by atoms with Gasteiger partial charge in [0.25, 0.3) is 11.2 Å². The lowest BCUT2D eigenvalue weighted by Gasteiger charge is -2.10. The molecule has 2 aromatic carbocycles. The average molecular weight is 494 g/mol. The van der Waals surface area contributed by atoms with E-state index >= 15 is 0 Å². The molecule has 0 saturated heterocycles. The molecule has 162 valence electrons. The van der Waals surface area contributed by atoms with E-state index in [0.717, 1.165) is 17.3 Å². The van der Waals surface area contributed by atoms with Crippen LogP contribution in [0.15, 0.2) is 75.2 Å². The smallest absolute Gasteiger partial charge is 0.282 e. The summed E-state index contributed by atoms with van der Waals surface area (Å²) in [5.74, 6) is 0.594. The highest BCUT2D eigenvalue weighted by molar-refractivity contribution is 9.10. The molecule has 0 aliphatic carbocycles. The van der Waals surface area contributed by atoms with Crippen molar-refractivity contribution in [3.8, 4) is 5.69 Å². The Hall–Kier alpha value is -3.59. The number of aromatic nitrogens is 3. The highest BCUT2D eigenvalue weighted by Crippen LogP contribution is 2.19. The molecule has 0 spiro atoms. The molecular formula is C23H20BrN5O3. The fourth-order valence-electron chi connectivity index (χ4n) is 3.42. The third-order valence-electron chi connectivity index (χ3n) is 5.03. The predicted molar refractivity (Wildman–Crippen MR) is 128 cm³/mol. The lowest BCUT2D eigenvalue weighted by molar-refractivity contribution is -0.384. The van der Waals surface area contributed by atoms with Crippen LogP contribution in [-0.2, 0) is 6.42 Å². The summed E-state index contributed by atoms with van der Waals surface area (Å²) >= 11 is 3.41. The van der Waals surface area contributed by atoms with E-state index in [0.29, 0.717) is 34.5 Å². The van der Waals surface area contributed by atoms with Crippen molar-refractivity contribution in [1.29, 1.82) is 0 Å². The Balaban J connectivity index is 1.79. The second kappa shape index (κ2) is 9.27. The number of halogens is 1. The summed E-state index contributed by atoms with van der Waals surface area (Å²) in [6, 6.07) is 15.4. The molecule has 8 nitrogen and oxygen atoms in total. The van der Waals surface area contributed by atoms with Crippen molar-refractivity contribution in [3.63, 3.8) is 0 Å². The molecule has 2 heterocycles. The first-order chi connectivity index (χ1) is 15.5. The van der Waals surface area contributed by atoms with Crippen molar-refractivity contribution >= 4 is 38.7 Å². The monoisotopic (exact) mass is 493 g/mol. The van der Waals surface area contributed by atoms with Crippen LogP contribution in [0.2, 0.25) is 0 Å². The first kappa shape index (κ1) is 21.6. The normalized spacial score (nSPS) is 11.4. The zero-order chi connectivity index (χ0) is 22.7. The predicted octanol–water partition coefficient (Wildman–Crippen LogP) is 5.08. The Kier molecular flexibility index (Phi) is 6.27. The number of nitro groups is 1. The maximum absolute atomic E-state index is 13.2. The van der Waals surface area contributed by atoms with Gasteiger partial charge >= 0.3 is 0 Å². The number of nitro benzene ring substituents is 1. The van der Waals surface area contributed by atoms with Gasteiger partial charge < -0.3 is 4.57 Å². The number of hydrogen-bond donors (Lipinski definition) is 0. The fraction of sp³-hybridized carbons (Fsp3) is 0.174. The number of unbranched alkanes of at least 4 members (excludes halogenated alkanes) is 1. The highest BCUT2D eigenvalue weighted by atomic mass is 79.9. The minimum absolute atomic E-state index is 0.00136. The Morgan fingerprint density at radius 2 is 2.03 bits per heavy atom. The number of non-ortho nitro benzene ring substituents is 1. The van der Waals surface area contributed by atoms with E-state index in [1.54, 1.807) is 35.2 Å². The molecule has 0 radical (unpaired) electrons. The molecule has 0 N–H and O–H groups in total. The topological polar surface area (TPSA) is 95.3 Å². The maximum atomic E-state index is 13.2. The van der Waals surface area contributed by atoms with Crippen molar-refractivity contribution in [1.82, 2.24) is 14.2 Å². The number of aryl methyl sites for hydroxylation is 1. The molecule has 2 aromatic heterocycles. The van der Waals surface area contributed by atoms with Crippen molar-refractivity contribution in [3.05, 3.63) is 97.3 Å². The summed E-state index contributed by atoms with van der Waals surface area (Å²) in [7, 11) is 0. The molecule has 0 amide bonds. The lowest BCUT2D eigenvalue weighted by Crippen LogP contribution is -2.22. The van der Waals surface area contributed by atoms with Gasteiger partial charge in [0.1, 0.15) is 5.82 Å². The van der Waals surface area contributed by atoms with Crippen molar-refractivity contribution in [2.24, 2.45) is 5.10 Å². The van der Waals surface area contributed by atoms with Gasteiger partial charge in [-0.1, -0.05) is 35.3 Å². The zero-order valence-corrected chi connectivity index (χ0v) is 18.9. The van der Waals surface area contributed by atoms with Crippen LogP contribution in [0.1, 0.15) is 31.3 Å². The average Bonchev–Trinajstić information content (AvgIpc) is 3.26. The molecular weight excluding hydrogens is 474 g/mol. The van der Waals surface area contributed by atoms with Crippen molar-refractivity contribution < 1.29 is 4.92 Å². The molecule has 9 heteroatoms. The Morgan fingerprint density at radius 1 is 1.19 bits per heavy atom. The van der Waals surface area contributed by atoms with E-state index < -0.39 is 4.92 Å². The largest absolute Gasteiger partial charge is 0.315 e. The SMILES string of the molecule is CCCCc1nc2ccc(Br)cc2c(=O)n1N=Cc1cccn1-c1cccc([N+](=O)[O-])c1. The minimum Gasteiger partial charge on any atom is -0.315 e.